The van der Waals surface area contributed by atoms with E-state index in [0.717, 1.165) is 25.7 Å². The second-order valence-corrected chi connectivity index (χ2v) is 5.73. The van der Waals surface area contributed by atoms with Crippen molar-refractivity contribution >= 4 is 5.78 Å². The van der Waals surface area contributed by atoms with E-state index < -0.39 is 0 Å². The van der Waals surface area contributed by atoms with E-state index >= 15 is 0 Å². The molecule has 0 fully saturated rings. The summed E-state index contributed by atoms with van der Waals surface area (Å²) in [6.07, 6.45) is 4.03. The van der Waals surface area contributed by atoms with Crippen LogP contribution in [0.4, 0.5) is 0 Å². The summed E-state index contributed by atoms with van der Waals surface area (Å²) in [6, 6.07) is 14.8. The van der Waals surface area contributed by atoms with Gasteiger partial charge in [0.1, 0.15) is 0 Å². The zero-order valence-electron chi connectivity index (χ0n) is 14.6. The Morgan fingerprint density at radius 3 is 2.17 bits per heavy atom. The smallest absolute Gasteiger partial charge is 0.196 e. The molecule has 2 aromatic carbocycles. The summed E-state index contributed by atoms with van der Waals surface area (Å²) in [7, 11) is 0. The van der Waals surface area contributed by atoms with Crippen LogP contribution < -0.4 is 9.47 Å². The number of benzene rings is 2. The summed E-state index contributed by atoms with van der Waals surface area (Å²) in [5, 5.41) is 0. The van der Waals surface area contributed by atoms with Crippen molar-refractivity contribution in [2.45, 2.75) is 39.5 Å². The van der Waals surface area contributed by atoms with E-state index in [2.05, 4.69) is 13.8 Å². The number of rotatable bonds is 10. The molecular weight excluding hydrogens is 300 g/mol. The van der Waals surface area contributed by atoms with Crippen molar-refractivity contribution in [3.63, 3.8) is 0 Å². The van der Waals surface area contributed by atoms with E-state index in [0.29, 0.717) is 35.8 Å². The van der Waals surface area contributed by atoms with E-state index in [1.165, 1.54) is 0 Å². The number of ether oxygens (including phenoxy) is 2. The lowest BCUT2D eigenvalue weighted by atomic mass is 10.0. The molecule has 0 saturated heterocycles. The van der Waals surface area contributed by atoms with Gasteiger partial charge in [0.15, 0.2) is 17.3 Å². The highest BCUT2D eigenvalue weighted by Gasteiger charge is 2.18. The first-order valence-electron chi connectivity index (χ1n) is 8.76. The molecule has 0 amide bonds. The van der Waals surface area contributed by atoms with Crippen LogP contribution >= 0.6 is 0 Å². The van der Waals surface area contributed by atoms with Gasteiger partial charge in [-0.15, -0.1) is 0 Å². The third-order valence-electron chi connectivity index (χ3n) is 3.76. The minimum Gasteiger partial charge on any atom is -0.490 e. The van der Waals surface area contributed by atoms with Gasteiger partial charge in [-0.1, -0.05) is 63.1 Å². The van der Waals surface area contributed by atoms with Gasteiger partial charge >= 0.3 is 0 Å². The molecule has 0 aliphatic rings. The van der Waals surface area contributed by atoms with Crippen LogP contribution in [0.3, 0.4) is 0 Å². The molecule has 2 rings (SSSR count). The number of carbonyl (C=O) groups is 1. The molecule has 3 nitrogen and oxygen atoms in total. The van der Waals surface area contributed by atoms with Crippen molar-refractivity contribution in [3.05, 3.63) is 59.7 Å². The monoisotopic (exact) mass is 326 g/mol. The third kappa shape index (κ3) is 4.85. The molecule has 0 aliphatic carbocycles. The molecule has 0 spiro atoms. The lowest BCUT2D eigenvalue weighted by Crippen LogP contribution is -2.09. The Hall–Kier alpha value is -2.29. The third-order valence-corrected chi connectivity index (χ3v) is 3.76. The van der Waals surface area contributed by atoms with Gasteiger partial charge in [0.2, 0.25) is 0 Å². The van der Waals surface area contributed by atoms with Crippen LogP contribution in [0.5, 0.6) is 11.5 Å². The molecule has 3 heteroatoms. The molecule has 0 aliphatic heterocycles. The molecular formula is C21H26O3. The Kier molecular flexibility index (Phi) is 7.34. The van der Waals surface area contributed by atoms with Gasteiger partial charge in [0.05, 0.1) is 18.8 Å². The summed E-state index contributed by atoms with van der Waals surface area (Å²) < 4.78 is 11.8. The van der Waals surface area contributed by atoms with E-state index in [1.807, 2.05) is 48.5 Å². The molecule has 2 aromatic rings. The Balaban J connectivity index is 2.30. The van der Waals surface area contributed by atoms with Crippen molar-refractivity contribution in [1.82, 2.24) is 0 Å². The molecule has 0 atom stereocenters. The zero-order chi connectivity index (χ0) is 17.2. The highest BCUT2D eigenvalue weighted by Crippen LogP contribution is 2.33. The number of ketones is 1. The van der Waals surface area contributed by atoms with Crippen LogP contribution in [-0.4, -0.2) is 19.0 Å². The molecule has 0 unspecified atom stereocenters. The van der Waals surface area contributed by atoms with Crippen molar-refractivity contribution in [2.24, 2.45) is 0 Å². The first kappa shape index (κ1) is 18.1. The maximum absolute atomic E-state index is 12.8. The van der Waals surface area contributed by atoms with E-state index in [1.54, 1.807) is 0 Å². The fraction of sp³-hybridized carbons (Fsp3) is 0.381. The first-order valence-corrected chi connectivity index (χ1v) is 8.76. The minimum atomic E-state index is -0.0389. The summed E-state index contributed by atoms with van der Waals surface area (Å²) in [5.74, 6) is 1.18. The average Bonchev–Trinajstić information content (AvgIpc) is 2.63. The zero-order valence-corrected chi connectivity index (χ0v) is 14.6. The van der Waals surface area contributed by atoms with Gasteiger partial charge in [0, 0.05) is 5.56 Å². The van der Waals surface area contributed by atoms with Crippen LogP contribution in [0.15, 0.2) is 48.5 Å². The summed E-state index contributed by atoms with van der Waals surface area (Å²) in [5.41, 5.74) is 1.22. The second-order valence-electron chi connectivity index (χ2n) is 5.73. The molecule has 128 valence electrons. The molecule has 0 heterocycles. The van der Waals surface area contributed by atoms with Gasteiger partial charge in [-0.05, 0) is 25.0 Å². The summed E-state index contributed by atoms with van der Waals surface area (Å²) in [6.45, 7) is 5.45. The van der Waals surface area contributed by atoms with Gasteiger partial charge in [-0.3, -0.25) is 4.79 Å². The van der Waals surface area contributed by atoms with Crippen molar-refractivity contribution in [1.29, 1.82) is 0 Å². The quantitative estimate of drug-likeness (QED) is 0.440. The fourth-order valence-electron chi connectivity index (χ4n) is 2.35. The van der Waals surface area contributed by atoms with Crippen LogP contribution in [0, 0.1) is 0 Å². The van der Waals surface area contributed by atoms with Gasteiger partial charge in [-0.2, -0.15) is 0 Å². The molecule has 0 aromatic heterocycles. The number of carbonyl (C=O) groups excluding carboxylic acids is 1. The predicted octanol–water partition coefficient (Wildman–Crippen LogP) is 5.28. The van der Waals surface area contributed by atoms with Crippen LogP contribution in [0.1, 0.15) is 55.5 Å². The number of hydrogen-bond donors (Lipinski definition) is 0. The number of para-hydroxylation sites is 1. The highest BCUT2D eigenvalue weighted by atomic mass is 16.5. The van der Waals surface area contributed by atoms with Crippen LogP contribution in [0.25, 0.3) is 0 Å². The summed E-state index contributed by atoms with van der Waals surface area (Å²) >= 11 is 0. The fourth-order valence-corrected chi connectivity index (χ4v) is 2.35. The predicted molar refractivity (Wildman–Crippen MR) is 97.1 cm³/mol. The van der Waals surface area contributed by atoms with E-state index in [-0.39, 0.29) is 5.78 Å². The van der Waals surface area contributed by atoms with Gasteiger partial charge < -0.3 is 9.47 Å². The molecule has 0 radical (unpaired) electrons. The molecule has 0 N–H and O–H groups in total. The minimum absolute atomic E-state index is 0.0389. The van der Waals surface area contributed by atoms with Crippen LogP contribution in [0.2, 0.25) is 0 Å². The maximum Gasteiger partial charge on any atom is 0.196 e. The summed E-state index contributed by atoms with van der Waals surface area (Å²) in [4.78, 5) is 12.8. The van der Waals surface area contributed by atoms with Gasteiger partial charge in [-0.25, -0.2) is 0 Å². The lowest BCUT2D eigenvalue weighted by Gasteiger charge is -2.16. The highest BCUT2D eigenvalue weighted by molar-refractivity contribution is 6.11. The van der Waals surface area contributed by atoms with E-state index in [4.69, 9.17) is 9.47 Å². The number of hydrogen-bond acceptors (Lipinski definition) is 3. The van der Waals surface area contributed by atoms with Crippen molar-refractivity contribution in [2.75, 3.05) is 13.2 Å². The Labute approximate surface area is 144 Å². The van der Waals surface area contributed by atoms with Crippen molar-refractivity contribution in [3.8, 4) is 11.5 Å². The van der Waals surface area contributed by atoms with Gasteiger partial charge in [0.25, 0.3) is 0 Å². The van der Waals surface area contributed by atoms with Crippen LogP contribution in [-0.2, 0) is 0 Å². The van der Waals surface area contributed by atoms with E-state index in [9.17, 15) is 4.79 Å². The SMILES string of the molecule is CCCCOc1cccc(C(=O)c2ccccc2)c1OCCCC. The standard InChI is InChI=1S/C21H26O3/c1-3-5-15-23-19-14-10-13-18(21(19)24-16-6-4-2)20(22)17-11-8-7-9-12-17/h7-14H,3-6,15-16H2,1-2H3. The largest absolute Gasteiger partial charge is 0.490 e. The normalized spacial score (nSPS) is 10.4. The maximum atomic E-state index is 12.8. The topological polar surface area (TPSA) is 35.5 Å². The Morgan fingerprint density at radius 2 is 1.50 bits per heavy atom. The molecule has 0 bridgehead atoms. The Morgan fingerprint density at radius 1 is 0.833 bits per heavy atom. The molecule has 0 saturated carbocycles. The van der Waals surface area contributed by atoms with Crippen molar-refractivity contribution < 1.29 is 14.3 Å². The lowest BCUT2D eigenvalue weighted by molar-refractivity contribution is 0.103. The average molecular weight is 326 g/mol. The number of unbranched alkanes of at least 4 members (excludes halogenated alkanes) is 2. The molecule has 24 heavy (non-hydrogen) atoms. The first-order chi connectivity index (χ1) is 11.8. The Bertz CT molecular complexity index is 635. The second kappa shape index (κ2) is 9.76.